The van der Waals surface area contributed by atoms with Crippen LogP contribution >= 0.6 is 0 Å². The molecular weight excluding hydrogens is 340 g/mol. The Kier molecular flexibility index (Phi) is 3.61. The second kappa shape index (κ2) is 5.62. The maximum atomic E-state index is 13.5. The molecule has 0 spiro atoms. The number of amides is 1. The third kappa shape index (κ3) is 2.48. The molecule has 0 saturated carbocycles. The third-order valence-corrected chi connectivity index (χ3v) is 4.60. The fraction of sp³-hybridized carbons (Fsp3) is 0.389. The van der Waals surface area contributed by atoms with Crippen molar-refractivity contribution in [1.29, 1.82) is 0 Å². The van der Waals surface area contributed by atoms with Gasteiger partial charge in [-0.1, -0.05) is 6.07 Å². The van der Waals surface area contributed by atoms with Crippen molar-refractivity contribution in [1.82, 2.24) is 14.5 Å². The Bertz CT molecular complexity index is 934. The fourth-order valence-electron chi connectivity index (χ4n) is 3.46. The highest BCUT2D eigenvalue weighted by Crippen LogP contribution is 2.35. The average Bonchev–Trinajstić information content (AvgIpc) is 3.12. The van der Waals surface area contributed by atoms with Crippen LogP contribution in [0, 0.1) is 11.6 Å². The zero-order valence-corrected chi connectivity index (χ0v) is 14.8. The van der Waals surface area contributed by atoms with Gasteiger partial charge in [-0.05, 0) is 38.5 Å². The molecule has 0 N–H and O–H groups in total. The lowest BCUT2D eigenvalue weighted by Crippen LogP contribution is -2.51. The highest BCUT2D eigenvalue weighted by molar-refractivity contribution is 6.18. The summed E-state index contributed by atoms with van der Waals surface area (Å²) in [7, 11) is 0. The van der Waals surface area contributed by atoms with E-state index < -0.39 is 11.6 Å². The first-order valence-electron chi connectivity index (χ1n) is 8.49. The number of aromatic nitrogens is 2. The Morgan fingerprint density at radius 1 is 1.23 bits per heavy atom. The Hall–Kier alpha value is -2.77. The summed E-state index contributed by atoms with van der Waals surface area (Å²) in [6, 6.07) is 3.79. The van der Waals surface area contributed by atoms with Gasteiger partial charge in [-0.15, -0.1) is 0 Å². The first kappa shape index (κ1) is 16.7. The second-order valence-electron chi connectivity index (χ2n) is 7.15. The van der Waals surface area contributed by atoms with Gasteiger partial charge in [0.25, 0.3) is 5.91 Å². The number of imidazole rings is 1. The molecule has 26 heavy (non-hydrogen) atoms. The number of fused-ring (bicyclic) bond motifs is 3. The van der Waals surface area contributed by atoms with Crippen molar-refractivity contribution in [2.45, 2.75) is 32.9 Å². The lowest BCUT2D eigenvalue weighted by atomic mass is 10.1. The van der Waals surface area contributed by atoms with Crippen LogP contribution in [-0.2, 0) is 6.54 Å². The molecule has 0 unspecified atom stereocenters. The van der Waals surface area contributed by atoms with E-state index in [0.29, 0.717) is 36.1 Å². The van der Waals surface area contributed by atoms with Gasteiger partial charge in [-0.3, -0.25) is 14.6 Å². The van der Waals surface area contributed by atoms with Crippen molar-refractivity contribution in [3.8, 4) is 0 Å². The number of nitrogens with zero attached hydrogens (tertiary/aromatic N) is 5. The molecular formula is C18H19F2N5O. The van der Waals surface area contributed by atoms with Crippen LogP contribution in [0.1, 0.15) is 36.8 Å². The molecule has 1 amide bonds. The van der Waals surface area contributed by atoms with E-state index in [4.69, 9.17) is 4.99 Å². The van der Waals surface area contributed by atoms with Gasteiger partial charge in [0.05, 0.1) is 25.0 Å². The highest BCUT2D eigenvalue weighted by atomic mass is 19.2. The molecule has 0 atom stereocenters. The zero-order chi connectivity index (χ0) is 18.6. The van der Waals surface area contributed by atoms with E-state index in [2.05, 4.69) is 4.98 Å². The van der Waals surface area contributed by atoms with Crippen LogP contribution in [0.4, 0.5) is 14.6 Å². The third-order valence-electron chi connectivity index (χ3n) is 4.60. The summed E-state index contributed by atoms with van der Waals surface area (Å²) in [6.45, 7) is 7.30. The van der Waals surface area contributed by atoms with Crippen LogP contribution in [0.25, 0.3) is 0 Å². The lowest BCUT2D eigenvalue weighted by Gasteiger charge is -2.33. The van der Waals surface area contributed by atoms with E-state index in [1.54, 1.807) is 15.8 Å². The van der Waals surface area contributed by atoms with Crippen molar-refractivity contribution in [2.24, 2.45) is 4.99 Å². The molecule has 3 heterocycles. The van der Waals surface area contributed by atoms with Crippen molar-refractivity contribution >= 4 is 17.7 Å². The van der Waals surface area contributed by atoms with Crippen molar-refractivity contribution in [3.05, 3.63) is 47.4 Å². The normalized spacial score (nSPS) is 18.0. The number of halogens is 2. The first-order chi connectivity index (χ1) is 12.3. The van der Waals surface area contributed by atoms with Crippen molar-refractivity contribution in [2.75, 3.05) is 18.0 Å². The van der Waals surface area contributed by atoms with Gasteiger partial charge < -0.3 is 4.57 Å². The minimum Gasteiger partial charge on any atom is -0.312 e. The van der Waals surface area contributed by atoms with E-state index in [9.17, 15) is 13.6 Å². The molecule has 0 fully saturated rings. The number of hydrogen-bond acceptors (Lipinski definition) is 4. The Balaban J connectivity index is 1.77. The zero-order valence-electron chi connectivity index (χ0n) is 14.8. The van der Waals surface area contributed by atoms with Crippen LogP contribution in [0.2, 0.25) is 0 Å². The quantitative estimate of drug-likeness (QED) is 0.847. The van der Waals surface area contributed by atoms with Crippen LogP contribution < -0.4 is 4.90 Å². The molecule has 2 aliphatic rings. The van der Waals surface area contributed by atoms with Gasteiger partial charge in [0.2, 0.25) is 5.96 Å². The fourth-order valence-corrected chi connectivity index (χ4v) is 3.46. The van der Waals surface area contributed by atoms with Crippen LogP contribution in [0.15, 0.2) is 29.5 Å². The molecule has 2 aromatic rings. The summed E-state index contributed by atoms with van der Waals surface area (Å²) < 4.78 is 28.5. The molecule has 2 aliphatic heterocycles. The molecule has 6 nitrogen and oxygen atoms in total. The van der Waals surface area contributed by atoms with Gasteiger partial charge in [0.15, 0.2) is 17.3 Å². The summed E-state index contributed by atoms with van der Waals surface area (Å²) in [5.41, 5.74) is 0.611. The minimum atomic E-state index is -0.894. The molecule has 136 valence electrons. The van der Waals surface area contributed by atoms with E-state index in [0.717, 1.165) is 12.1 Å². The molecule has 0 aliphatic carbocycles. The number of aliphatic imine (C=N–C) groups is 1. The maximum Gasteiger partial charge on any atom is 0.283 e. The largest absolute Gasteiger partial charge is 0.312 e. The average molecular weight is 359 g/mol. The molecule has 4 rings (SSSR count). The smallest absolute Gasteiger partial charge is 0.283 e. The first-order valence-corrected chi connectivity index (χ1v) is 8.49. The van der Waals surface area contributed by atoms with E-state index in [1.165, 1.54) is 6.07 Å². The monoisotopic (exact) mass is 359 g/mol. The molecule has 8 heteroatoms. The number of carbonyl (C=O) groups is 1. The minimum absolute atomic E-state index is 0.195. The second-order valence-corrected chi connectivity index (χ2v) is 7.15. The summed E-state index contributed by atoms with van der Waals surface area (Å²) in [5, 5.41) is 0. The number of benzene rings is 1. The predicted octanol–water partition coefficient (Wildman–Crippen LogP) is 2.64. The number of hydrogen-bond donors (Lipinski definition) is 0. The highest BCUT2D eigenvalue weighted by Gasteiger charge is 2.44. The van der Waals surface area contributed by atoms with Gasteiger partial charge in [0.1, 0.15) is 5.82 Å². The lowest BCUT2D eigenvalue weighted by molar-refractivity contribution is 0.0841. The standard InChI is InChI=1S/C18H19F2N5O/c1-4-24-16(26)14-15(25-9-18(2,3)22-17(24)25)23(10-21-14)8-11-5-6-12(19)13(20)7-11/h5-7,10H,4,8-9H2,1-3H3. The molecule has 1 aromatic carbocycles. The summed E-state index contributed by atoms with van der Waals surface area (Å²) in [5.74, 6) is -0.713. The van der Waals surface area contributed by atoms with Crippen LogP contribution in [0.5, 0.6) is 0 Å². The molecule has 1 aromatic heterocycles. The van der Waals surface area contributed by atoms with Gasteiger partial charge in [0, 0.05) is 6.54 Å². The van der Waals surface area contributed by atoms with E-state index in [-0.39, 0.29) is 18.0 Å². The van der Waals surface area contributed by atoms with Crippen LogP contribution in [0.3, 0.4) is 0 Å². The predicted molar refractivity (Wildman–Crippen MR) is 93.3 cm³/mol. The summed E-state index contributed by atoms with van der Waals surface area (Å²) in [6.07, 6.45) is 1.56. The van der Waals surface area contributed by atoms with Crippen LogP contribution in [-0.4, -0.2) is 44.9 Å². The molecule has 0 saturated heterocycles. The summed E-state index contributed by atoms with van der Waals surface area (Å²) >= 11 is 0. The maximum absolute atomic E-state index is 13.5. The van der Waals surface area contributed by atoms with E-state index >= 15 is 0 Å². The van der Waals surface area contributed by atoms with E-state index in [1.807, 2.05) is 25.7 Å². The van der Waals surface area contributed by atoms with Gasteiger partial charge in [-0.25, -0.2) is 18.8 Å². The number of anilines is 1. The Labute approximate surface area is 149 Å². The Morgan fingerprint density at radius 2 is 2.00 bits per heavy atom. The van der Waals surface area contributed by atoms with Crippen molar-refractivity contribution in [3.63, 3.8) is 0 Å². The Morgan fingerprint density at radius 3 is 2.69 bits per heavy atom. The van der Waals surface area contributed by atoms with Gasteiger partial charge in [-0.2, -0.15) is 0 Å². The number of guanidine groups is 1. The number of rotatable bonds is 3. The molecule has 0 bridgehead atoms. The van der Waals surface area contributed by atoms with Crippen molar-refractivity contribution < 1.29 is 13.6 Å². The molecule has 0 radical (unpaired) electrons. The number of carbonyl (C=O) groups excluding carboxylic acids is 1. The SMILES string of the molecule is CCN1C(=O)c2ncn(Cc3ccc(F)c(F)c3)c2N2CC(C)(C)N=C12. The van der Waals surface area contributed by atoms with Gasteiger partial charge >= 0.3 is 0 Å². The topological polar surface area (TPSA) is 53.7 Å². The summed E-state index contributed by atoms with van der Waals surface area (Å²) in [4.78, 5) is 25.4.